The summed E-state index contributed by atoms with van der Waals surface area (Å²) in [6.07, 6.45) is -1.83. The SMILES string of the molecule is CCNC(=NCCCCC(F)(F)F)NC1CC1. The first-order valence-electron chi connectivity index (χ1n) is 6.13. The van der Waals surface area contributed by atoms with Crippen molar-refractivity contribution < 1.29 is 13.2 Å². The van der Waals surface area contributed by atoms with Crippen molar-refractivity contribution in [2.24, 2.45) is 4.99 Å². The van der Waals surface area contributed by atoms with Crippen LogP contribution in [0.5, 0.6) is 0 Å². The first-order chi connectivity index (χ1) is 8.01. The van der Waals surface area contributed by atoms with Crippen LogP contribution < -0.4 is 10.6 Å². The number of unbranched alkanes of at least 4 members (excludes halogenated alkanes) is 1. The Kier molecular flexibility index (Phi) is 5.58. The predicted octanol–water partition coefficient (Wildman–Crippen LogP) is 2.44. The van der Waals surface area contributed by atoms with Crippen LogP contribution >= 0.6 is 0 Å². The molecule has 0 atom stereocenters. The van der Waals surface area contributed by atoms with Gasteiger partial charge in [-0.15, -0.1) is 0 Å². The van der Waals surface area contributed by atoms with Gasteiger partial charge in [0.25, 0.3) is 0 Å². The standard InChI is InChI=1S/C11H20F3N3/c1-2-15-10(17-9-5-6-9)16-8-4-3-7-11(12,13)14/h9H,2-8H2,1H3,(H2,15,16,17). The van der Waals surface area contributed by atoms with Crippen LogP contribution in [0.15, 0.2) is 4.99 Å². The molecule has 1 aliphatic carbocycles. The van der Waals surface area contributed by atoms with Gasteiger partial charge in [0.2, 0.25) is 0 Å². The maximum absolute atomic E-state index is 11.9. The molecule has 0 saturated heterocycles. The van der Waals surface area contributed by atoms with Crippen LogP contribution in [-0.4, -0.2) is 31.3 Å². The lowest BCUT2D eigenvalue weighted by Crippen LogP contribution is -2.38. The van der Waals surface area contributed by atoms with E-state index in [1.165, 1.54) is 0 Å². The van der Waals surface area contributed by atoms with E-state index in [0.717, 1.165) is 25.3 Å². The molecule has 3 nitrogen and oxygen atoms in total. The molecular weight excluding hydrogens is 231 g/mol. The van der Waals surface area contributed by atoms with Crippen molar-refractivity contribution in [3.05, 3.63) is 0 Å². The largest absolute Gasteiger partial charge is 0.389 e. The fraction of sp³-hybridized carbons (Fsp3) is 0.909. The van der Waals surface area contributed by atoms with Gasteiger partial charge in [0.05, 0.1) is 0 Å². The molecule has 0 heterocycles. The molecule has 0 aliphatic heterocycles. The van der Waals surface area contributed by atoms with Gasteiger partial charge in [-0.1, -0.05) is 0 Å². The van der Waals surface area contributed by atoms with Crippen LogP contribution in [0, 0.1) is 0 Å². The Labute approximate surface area is 99.9 Å². The zero-order valence-electron chi connectivity index (χ0n) is 10.1. The zero-order chi connectivity index (χ0) is 12.7. The third-order valence-electron chi connectivity index (χ3n) is 2.40. The van der Waals surface area contributed by atoms with Gasteiger partial charge in [-0.2, -0.15) is 13.2 Å². The Morgan fingerprint density at radius 2 is 2.00 bits per heavy atom. The first kappa shape index (κ1) is 14.1. The van der Waals surface area contributed by atoms with E-state index in [2.05, 4.69) is 15.6 Å². The molecule has 0 aromatic carbocycles. The third-order valence-corrected chi connectivity index (χ3v) is 2.40. The molecule has 1 aliphatic rings. The van der Waals surface area contributed by atoms with Crippen LogP contribution in [0.2, 0.25) is 0 Å². The summed E-state index contributed by atoms with van der Waals surface area (Å²) >= 11 is 0. The fourth-order valence-electron chi connectivity index (χ4n) is 1.37. The van der Waals surface area contributed by atoms with Crippen LogP contribution in [-0.2, 0) is 0 Å². The van der Waals surface area contributed by atoms with Crippen molar-refractivity contribution >= 4 is 5.96 Å². The van der Waals surface area contributed by atoms with E-state index in [-0.39, 0.29) is 6.42 Å². The number of rotatable bonds is 6. The lowest BCUT2D eigenvalue weighted by Gasteiger charge is -2.10. The summed E-state index contributed by atoms with van der Waals surface area (Å²) in [5.74, 6) is 0.724. The van der Waals surface area contributed by atoms with Crippen molar-refractivity contribution in [1.29, 1.82) is 0 Å². The molecule has 0 spiro atoms. The van der Waals surface area contributed by atoms with E-state index < -0.39 is 12.6 Å². The molecule has 0 radical (unpaired) electrons. The molecule has 17 heavy (non-hydrogen) atoms. The Bertz CT molecular complexity index is 247. The summed E-state index contributed by atoms with van der Waals surface area (Å²) < 4.78 is 35.6. The third kappa shape index (κ3) is 7.88. The Morgan fingerprint density at radius 3 is 2.53 bits per heavy atom. The van der Waals surface area contributed by atoms with Crippen molar-refractivity contribution in [2.75, 3.05) is 13.1 Å². The highest BCUT2D eigenvalue weighted by Gasteiger charge is 2.25. The molecular formula is C11H20F3N3. The topological polar surface area (TPSA) is 36.4 Å². The van der Waals surface area contributed by atoms with Crippen molar-refractivity contribution in [1.82, 2.24) is 10.6 Å². The molecule has 1 rings (SSSR count). The summed E-state index contributed by atoms with van der Waals surface area (Å²) in [6.45, 7) is 3.17. The van der Waals surface area contributed by atoms with Crippen LogP contribution in [0.3, 0.4) is 0 Å². The second kappa shape index (κ2) is 6.71. The van der Waals surface area contributed by atoms with Gasteiger partial charge in [-0.25, -0.2) is 0 Å². The van der Waals surface area contributed by atoms with E-state index in [1.54, 1.807) is 0 Å². The summed E-state index contributed by atoms with van der Waals surface area (Å²) in [5, 5.41) is 6.29. The molecule has 2 N–H and O–H groups in total. The van der Waals surface area contributed by atoms with Crippen LogP contribution in [0.1, 0.15) is 39.0 Å². The molecule has 100 valence electrons. The average Bonchev–Trinajstić information content (AvgIpc) is 2.99. The molecule has 0 aromatic rings. The van der Waals surface area contributed by atoms with E-state index in [1.807, 2.05) is 6.92 Å². The van der Waals surface area contributed by atoms with E-state index in [4.69, 9.17) is 0 Å². The van der Waals surface area contributed by atoms with Gasteiger partial charge in [0.15, 0.2) is 5.96 Å². The second-order valence-corrected chi connectivity index (χ2v) is 4.25. The second-order valence-electron chi connectivity index (χ2n) is 4.25. The van der Waals surface area contributed by atoms with E-state index >= 15 is 0 Å². The Balaban J connectivity index is 2.14. The Morgan fingerprint density at radius 1 is 1.29 bits per heavy atom. The average molecular weight is 251 g/mol. The minimum atomic E-state index is -4.04. The number of alkyl halides is 3. The minimum Gasteiger partial charge on any atom is -0.357 e. The summed E-state index contributed by atoms with van der Waals surface area (Å²) in [6, 6.07) is 0.503. The van der Waals surface area contributed by atoms with Crippen molar-refractivity contribution in [3.63, 3.8) is 0 Å². The highest BCUT2D eigenvalue weighted by molar-refractivity contribution is 5.80. The number of aliphatic imine (C=N–C) groups is 1. The number of hydrogen-bond acceptors (Lipinski definition) is 1. The highest BCUT2D eigenvalue weighted by atomic mass is 19.4. The summed E-state index contributed by atoms with van der Waals surface area (Å²) in [7, 11) is 0. The lowest BCUT2D eigenvalue weighted by atomic mass is 10.2. The lowest BCUT2D eigenvalue weighted by molar-refractivity contribution is -0.135. The smallest absolute Gasteiger partial charge is 0.357 e. The van der Waals surface area contributed by atoms with Crippen LogP contribution in [0.4, 0.5) is 13.2 Å². The van der Waals surface area contributed by atoms with Gasteiger partial charge < -0.3 is 10.6 Å². The number of guanidine groups is 1. The Hall–Kier alpha value is -0.940. The zero-order valence-corrected chi connectivity index (χ0v) is 10.1. The molecule has 1 fully saturated rings. The maximum atomic E-state index is 11.9. The highest BCUT2D eigenvalue weighted by Crippen LogP contribution is 2.22. The molecule has 0 amide bonds. The summed E-state index contributed by atoms with van der Waals surface area (Å²) in [4.78, 5) is 4.24. The molecule has 0 bridgehead atoms. The van der Waals surface area contributed by atoms with Gasteiger partial charge in [-0.05, 0) is 32.6 Å². The van der Waals surface area contributed by atoms with E-state index in [9.17, 15) is 13.2 Å². The molecule has 1 saturated carbocycles. The normalized spacial score (nSPS) is 17.1. The molecule has 0 unspecified atom stereocenters. The number of hydrogen-bond donors (Lipinski definition) is 2. The fourth-order valence-corrected chi connectivity index (χ4v) is 1.37. The quantitative estimate of drug-likeness (QED) is 0.432. The number of halogens is 3. The molecule has 6 heteroatoms. The first-order valence-corrected chi connectivity index (χ1v) is 6.13. The van der Waals surface area contributed by atoms with E-state index in [0.29, 0.717) is 19.0 Å². The summed E-state index contributed by atoms with van der Waals surface area (Å²) in [5.41, 5.74) is 0. The van der Waals surface area contributed by atoms with Crippen LogP contribution in [0.25, 0.3) is 0 Å². The van der Waals surface area contributed by atoms with Crippen molar-refractivity contribution in [2.45, 2.75) is 51.2 Å². The molecule has 0 aromatic heterocycles. The monoisotopic (exact) mass is 251 g/mol. The van der Waals surface area contributed by atoms with Gasteiger partial charge >= 0.3 is 6.18 Å². The van der Waals surface area contributed by atoms with Gasteiger partial charge in [0, 0.05) is 25.6 Å². The number of nitrogens with one attached hydrogen (secondary N) is 2. The number of nitrogens with zero attached hydrogens (tertiary/aromatic N) is 1. The minimum absolute atomic E-state index is 0.149. The maximum Gasteiger partial charge on any atom is 0.389 e. The predicted molar refractivity (Wildman–Crippen MR) is 62.0 cm³/mol. The van der Waals surface area contributed by atoms with Crippen molar-refractivity contribution in [3.8, 4) is 0 Å². The van der Waals surface area contributed by atoms with Gasteiger partial charge in [0.1, 0.15) is 0 Å². The van der Waals surface area contributed by atoms with Gasteiger partial charge in [-0.3, -0.25) is 4.99 Å².